The standard InChI is InChI=1S/C21H27N3O6S2/c1-21(2,3)30-20(26)23-16-6-4-5-15(13-16)19(25)22-14-17-7-8-18(31-17)32(27,28)24-9-11-29-12-10-24/h4-8,13H,9-12,14H2,1-3H3,(H,22,25)(H,23,26). The third-order valence-electron chi connectivity index (χ3n) is 4.39. The van der Waals surface area contributed by atoms with Crippen molar-refractivity contribution in [1.82, 2.24) is 9.62 Å². The molecule has 1 aliphatic rings. The van der Waals surface area contributed by atoms with E-state index in [0.717, 1.165) is 11.3 Å². The molecule has 174 valence electrons. The first kappa shape index (κ1) is 24.2. The molecule has 2 aromatic rings. The summed E-state index contributed by atoms with van der Waals surface area (Å²) in [4.78, 5) is 25.2. The molecule has 1 aromatic carbocycles. The van der Waals surface area contributed by atoms with E-state index in [0.29, 0.717) is 42.4 Å². The topological polar surface area (TPSA) is 114 Å². The number of carbonyl (C=O) groups is 2. The van der Waals surface area contributed by atoms with Crippen LogP contribution in [0, 0.1) is 0 Å². The maximum Gasteiger partial charge on any atom is 0.412 e. The minimum Gasteiger partial charge on any atom is -0.444 e. The maximum atomic E-state index is 12.7. The highest BCUT2D eigenvalue weighted by molar-refractivity contribution is 7.91. The summed E-state index contributed by atoms with van der Waals surface area (Å²) < 4.78 is 37.5. The summed E-state index contributed by atoms with van der Waals surface area (Å²) in [6.07, 6.45) is -0.609. The second-order valence-electron chi connectivity index (χ2n) is 8.13. The first-order valence-electron chi connectivity index (χ1n) is 10.1. The number of nitrogens with one attached hydrogen (secondary N) is 2. The van der Waals surface area contributed by atoms with E-state index in [-0.39, 0.29) is 16.7 Å². The van der Waals surface area contributed by atoms with Crippen molar-refractivity contribution in [1.29, 1.82) is 0 Å². The summed E-state index contributed by atoms with van der Waals surface area (Å²) >= 11 is 1.13. The molecule has 32 heavy (non-hydrogen) atoms. The lowest BCUT2D eigenvalue weighted by Crippen LogP contribution is -2.40. The molecular formula is C21H27N3O6S2. The first-order chi connectivity index (χ1) is 15.0. The Balaban J connectivity index is 1.59. The molecule has 0 spiro atoms. The molecule has 0 radical (unpaired) electrons. The smallest absolute Gasteiger partial charge is 0.412 e. The Labute approximate surface area is 191 Å². The number of nitrogens with zero attached hydrogens (tertiary/aromatic N) is 1. The molecule has 1 aliphatic heterocycles. The van der Waals surface area contributed by atoms with Crippen molar-refractivity contribution in [3.05, 3.63) is 46.8 Å². The Bertz CT molecular complexity index is 1070. The van der Waals surface area contributed by atoms with Crippen molar-refractivity contribution in [2.75, 3.05) is 31.6 Å². The minimum atomic E-state index is -3.56. The first-order valence-corrected chi connectivity index (χ1v) is 12.4. The summed E-state index contributed by atoms with van der Waals surface area (Å²) in [5.74, 6) is -0.344. The van der Waals surface area contributed by atoms with Gasteiger partial charge in [-0.2, -0.15) is 4.31 Å². The third-order valence-corrected chi connectivity index (χ3v) is 7.85. The Kier molecular flexibility index (Phi) is 7.55. The number of rotatable bonds is 6. The number of thiophene rings is 1. The van der Waals surface area contributed by atoms with Gasteiger partial charge in [0.25, 0.3) is 15.9 Å². The van der Waals surface area contributed by atoms with Gasteiger partial charge in [-0.25, -0.2) is 13.2 Å². The van der Waals surface area contributed by atoms with Gasteiger partial charge < -0.3 is 14.8 Å². The summed E-state index contributed by atoms with van der Waals surface area (Å²) in [6, 6.07) is 9.73. The highest BCUT2D eigenvalue weighted by Gasteiger charge is 2.27. The fourth-order valence-corrected chi connectivity index (χ4v) is 5.79. The van der Waals surface area contributed by atoms with Crippen LogP contribution in [0.1, 0.15) is 36.0 Å². The van der Waals surface area contributed by atoms with E-state index in [9.17, 15) is 18.0 Å². The van der Waals surface area contributed by atoms with Gasteiger partial charge >= 0.3 is 6.09 Å². The number of anilines is 1. The van der Waals surface area contributed by atoms with Crippen molar-refractivity contribution in [3.63, 3.8) is 0 Å². The highest BCUT2D eigenvalue weighted by atomic mass is 32.2. The van der Waals surface area contributed by atoms with Crippen LogP contribution in [-0.2, 0) is 26.0 Å². The average Bonchev–Trinajstić information content (AvgIpc) is 3.21. The van der Waals surface area contributed by atoms with Gasteiger partial charge in [-0.15, -0.1) is 11.3 Å². The van der Waals surface area contributed by atoms with Crippen LogP contribution in [0.4, 0.5) is 10.5 Å². The predicted octanol–water partition coefficient (Wildman–Crippen LogP) is 3.05. The molecule has 0 bridgehead atoms. The summed E-state index contributed by atoms with van der Waals surface area (Å²) in [7, 11) is -3.56. The third kappa shape index (κ3) is 6.52. The SMILES string of the molecule is CC(C)(C)OC(=O)Nc1cccc(C(=O)NCc2ccc(S(=O)(=O)N3CCOCC3)s2)c1. The van der Waals surface area contributed by atoms with E-state index in [4.69, 9.17) is 9.47 Å². The van der Waals surface area contributed by atoms with Crippen LogP contribution in [0.3, 0.4) is 0 Å². The van der Waals surface area contributed by atoms with Gasteiger partial charge in [-0.3, -0.25) is 10.1 Å². The zero-order valence-electron chi connectivity index (χ0n) is 18.2. The molecule has 1 fully saturated rings. The van der Waals surface area contributed by atoms with Gasteiger partial charge in [-0.1, -0.05) is 6.07 Å². The van der Waals surface area contributed by atoms with Crippen molar-refractivity contribution < 1.29 is 27.5 Å². The second kappa shape index (κ2) is 9.99. The van der Waals surface area contributed by atoms with E-state index in [2.05, 4.69) is 10.6 Å². The Hall–Kier alpha value is -2.47. The fraction of sp³-hybridized carbons (Fsp3) is 0.429. The van der Waals surface area contributed by atoms with Crippen molar-refractivity contribution >= 4 is 39.0 Å². The van der Waals surface area contributed by atoms with Crippen molar-refractivity contribution in [2.45, 2.75) is 37.1 Å². The molecule has 9 nitrogen and oxygen atoms in total. The van der Waals surface area contributed by atoms with E-state index < -0.39 is 21.7 Å². The molecule has 2 amide bonds. The molecule has 11 heteroatoms. The van der Waals surface area contributed by atoms with Crippen LogP contribution < -0.4 is 10.6 Å². The predicted molar refractivity (Wildman–Crippen MR) is 121 cm³/mol. The van der Waals surface area contributed by atoms with Crippen LogP contribution >= 0.6 is 11.3 Å². The molecule has 0 atom stereocenters. The average molecular weight is 482 g/mol. The molecule has 0 unspecified atom stereocenters. The summed E-state index contributed by atoms with van der Waals surface area (Å²) in [5.41, 5.74) is 0.159. The lowest BCUT2D eigenvalue weighted by molar-refractivity contribution is 0.0635. The lowest BCUT2D eigenvalue weighted by atomic mass is 10.2. The van der Waals surface area contributed by atoms with Gasteiger partial charge in [0.15, 0.2) is 0 Å². The molecule has 0 aliphatic carbocycles. The van der Waals surface area contributed by atoms with Gasteiger partial charge in [0.2, 0.25) is 0 Å². The van der Waals surface area contributed by atoms with E-state index >= 15 is 0 Å². The number of amides is 2. The summed E-state index contributed by atoms with van der Waals surface area (Å²) in [5, 5.41) is 5.38. The number of benzene rings is 1. The van der Waals surface area contributed by atoms with Gasteiger partial charge in [0.1, 0.15) is 9.81 Å². The van der Waals surface area contributed by atoms with Crippen molar-refractivity contribution in [3.8, 4) is 0 Å². The number of ether oxygens (including phenoxy) is 2. The number of sulfonamides is 1. The van der Waals surface area contributed by atoms with Crippen LogP contribution in [0.25, 0.3) is 0 Å². The van der Waals surface area contributed by atoms with E-state index in [1.54, 1.807) is 57.2 Å². The van der Waals surface area contributed by atoms with Gasteiger partial charge in [-0.05, 0) is 51.1 Å². The number of hydrogen-bond donors (Lipinski definition) is 2. The zero-order chi connectivity index (χ0) is 23.4. The Morgan fingerprint density at radius 3 is 2.56 bits per heavy atom. The second-order valence-corrected chi connectivity index (χ2v) is 11.5. The fourth-order valence-electron chi connectivity index (χ4n) is 2.94. The molecule has 1 aromatic heterocycles. The molecule has 0 saturated carbocycles. The largest absolute Gasteiger partial charge is 0.444 e. The van der Waals surface area contributed by atoms with Crippen LogP contribution in [0.15, 0.2) is 40.6 Å². The van der Waals surface area contributed by atoms with Gasteiger partial charge in [0.05, 0.1) is 19.8 Å². The molecule has 2 heterocycles. The monoisotopic (exact) mass is 481 g/mol. The van der Waals surface area contributed by atoms with Crippen LogP contribution in [-0.4, -0.2) is 56.6 Å². The highest BCUT2D eigenvalue weighted by Crippen LogP contribution is 2.25. The zero-order valence-corrected chi connectivity index (χ0v) is 19.8. The maximum absolute atomic E-state index is 12.7. The molecule has 1 saturated heterocycles. The van der Waals surface area contributed by atoms with E-state index in [1.807, 2.05) is 0 Å². The Morgan fingerprint density at radius 2 is 1.88 bits per heavy atom. The molecule has 3 rings (SSSR count). The molecular weight excluding hydrogens is 454 g/mol. The van der Waals surface area contributed by atoms with Crippen LogP contribution in [0.2, 0.25) is 0 Å². The summed E-state index contributed by atoms with van der Waals surface area (Å²) in [6.45, 7) is 6.91. The number of hydrogen-bond acceptors (Lipinski definition) is 7. The van der Waals surface area contributed by atoms with Crippen LogP contribution in [0.5, 0.6) is 0 Å². The molecule has 2 N–H and O–H groups in total. The van der Waals surface area contributed by atoms with Gasteiger partial charge in [0, 0.05) is 29.2 Å². The minimum absolute atomic E-state index is 0.186. The normalized spacial score (nSPS) is 15.2. The van der Waals surface area contributed by atoms with E-state index in [1.165, 1.54) is 4.31 Å². The quantitative estimate of drug-likeness (QED) is 0.656. The lowest BCUT2D eigenvalue weighted by Gasteiger charge is -2.25. The Morgan fingerprint density at radius 1 is 1.16 bits per heavy atom. The van der Waals surface area contributed by atoms with Crippen molar-refractivity contribution in [2.24, 2.45) is 0 Å². The number of carbonyl (C=O) groups excluding carboxylic acids is 2. The number of morpholine rings is 1.